The number of hydrogen-bond donors (Lipinski definition) is 0. The predicted molar refractivity (Wildman–Crippen MR) is 425 cm³/mol. The minimum absolute atomic E-state index is 0.900. The van der Waals surface area contributed by atoms with E-state index in [0.29, 0.717) is 0 Å². The Hall–Kier alpha value is -13.3. The molecule has 0 aliphatic heterocycles. The maximum atomic E-state index is 7.01. The SMILES string of the molecule is c1cc(-c2ccc3ccc4ccccc4c3c2)cc(-n2c3ccccc3c3c4c5ccccc5c5ccccc5c4c4c5ccccc5oc4c32)c1.c1ccc2cc(-c3ccc(-n4c5ccccc5c5c6c7ccccc7c7ccccc7c6c6c7ccccc7oc6c54)cc3)ccc2c1. The Morgan fingerprint density at radius 1 is 0.180 bits per heavy atom. The molecule has 23 rings (SSSR count). The molecule has 0 bridgehead atoms. The standard InChI is InChI=1S/C50H29NO.C46H27NO/c1-2-15-35-30(12-1)24-25-31-26-27-33(29-42(31)35)32-13-11-14-34(28-32)51-43-22-9-7-20-40(43)47-45-38-18-5-3-16-36(38)37-17-4-6-19-39(37)46(45)48-41-21-8-10-23-44(41)52-50(48)49(47)51;1-2-12-30-27-31(22-21-28(30)11-1)29-23-25-32(26-24-29)47-39-19-9-7-17-37(39)43-41-35-15-5-3-13-33(35)34-14-4-6-16-36(34)42(41)44-38-18-8-10-20-40(38)48-46(44)45(43)47/h1-29H;1-27H. The second kappa shape index (κ2) is 21.1. The van der Waals surface area contributed by atoms with Gasteiger partial charge in [0.2, 0.25) is 0 Å². The van der Waals surface area contributed by atoms with Gasteiger partial charge in [-0.2, -0.15) is 0 Å². The Kier molecular flexibility index (Phi) is 11.6. The highest BCUT2D eigenvalue weighted by Crippen LogP contribution is 2.53. The molecule has 4 heterocycles. The summed E-state index contributed by atoms with van der Waals surface area (Å²) in [5, 5.41) is 32.2. The second-order valence-electron chi connectivity index (χ2n) is 26.8. The summed E-state index contributed by atoms with van der Waals surface area (Å²) in [7, 11) is 0. The first-order valence-corrected chi connectivity index (χ1v) is 34.5. The predicted octanol–water partition coefficient (Wildman–Crippen LogP) is 27.1. The van der Waals surface area contributed by atoms with Crippen LogP contribution in [0, 0.1) is 0 Å². The fourth-order valence-corrected chi connectivity index (χ4v) is 17.4. The first-order valence-electron chi connectivity index (χ1n) is 34.5. The van der Waals surface area contributed by atoms with Crippen LogP contribution in [0.4, 0.5) is 0 Å². The molecular formula is C96H56N2O2. The lowest BCUT2D eigenvalue weighted by atomic mass is 9.89. The third-order valence-electron chi connectivity index (χ3n) is 21.6. The Labute approximate surface area is 572 Å². The Bertz CT molecular complexity index is 7460. The van der Waals surface area contributed by atoms with Crippen molar-refractivity contribution in [1.29, 1.82) is 0 Å². The van der Waals surface area contributed by atoms with E-state index in [0.717, 1.165) is 66.5 Å². The summed E-state index contributed by atoms with van der Waals surface area (Å²) < 4.78 is 18.8. The lowest BCUT2D eigenvalue weighted by molar-refractivity contribution is 0.671. The number of aromatic nitrogens is 2. The summed E-state index contributed by atoms with van der Waals surface area (Å²) >= 11 is 0. The molecule has 0 saturated carbocycles. The van der Waals surface area contributed by atoms with E-state index in [1.165, 1.54) is 152 Å². The van der Waals surface area contributed by atoms with E-state index in [-0.39, 0.29) is 0 Å². The van der Waals surface area contributed by atoms with Crippen molar-refractivity contribution in [2.24, 2.45) is 0 Å². The molecule has 0 fully saturated rings. The molecule has 0 saturated heterocycles. The van der Waals surface area contributed by atoms with Gasteiger partial charge in [-0.3, -0.25) is 0 Å². The molecule has 100 heavy (non-hydrogen) atoms. The van der Waals surface area contributed by atoms with Crippen molar-refractivity contribution in [3.63, 3.8) is 0 Å². The van der Waals surface area contributed by atoms with Gasteiger partial charge in [0.25, 0.3) is 0 Å². The van der Waals surface area contributed by atoms with E-state index in [1.54, 1.807) is 0 Å². The Morgan fingerprint density at radius 3 is 1.07 bits per heavy atom. The number of hydrogen-bond acceptors (Lipinski definition) is 2. The van der Waals surface area contributed by atoms with Crippen LogP contribution in [0.1, 0.15) is 0 Å². The van der Waals surface area contributed by atoms with Gasteiger partial charge in [-0.15, -0.1) is 0 Å². The molecule has 4 nitrogen and oxygen atoms in total. The van der Waals surface area contributed by atoms with Gasteiger partial charge in [-0.1, -0.05) is 279 Å². The smallest absolute Gasteiger partial charge is 0.160 e. The van der Waals surface area contributed by atoms with Crippen LogP contribution in [0.2, 0.25) is 0 Å². The number of benzene rings is 19. The number of para-hydroxylation sites is 4. The van der Waals surface area contributed by atoms with E-state index in [9.17, 15) is 0 Å². The molecule has 0 atom stereocenters. The van der Waals surface area contributed by atoms with Crippen molar-refractivity contribution in [3.8, 4) is 33.6 Å². The van der Waals surface area contributed by atoms with Gasteiger partial charge in [-0.25, -0.2) is 0 Å². The molecule has 462 valence electrons. The maximum Gasteiger partial charge on any atom is 0.160 e. The Balaban J connectivity index is 0.000000128. The van der Waals surface area contributed by atoms with Crippen LogP contribution in [0.3, 0.4) is 0 Å². The van der Waals surface area contributed by atoms with Crippen molar-refractivity contribution in [3.05, 3.63) is 340 Å². The summed E-state index contributed by atoms with van der Waals surface area (Å²) in [5.41, 5.74) is 15.2. The number of furan rings is 2. The van der Waals surface area contributed by atoms with E-state index in [2.05, 4.69) is 349 Å². The van der Waals surface area contributed by atoms with Crippen LogP contribution in [-0.2, 0) is 0 Å². The highest BCUT2D eigenvalue weighted by molar-refractivity contribution is 6.46. The highest BCUT2D eigenvalue weighted by atomic mass is 16.3. The van der Waals surface area contributed by atoms with Crippen LogP contribution in [0.25, 0.3) is 218 Å². The van der Waals surface area contributed by atoms with Crippen molar-refractivity contribution < 1.29 is 8.83 Å². The summed E-state index contributed by atoms with van der Waals surface area (Å²) in [4.78, 5) is 0. The third-order valence-corrected chi connectivity index (χ3v) is 21.6. The highest BCUT2D eigenvalue weighted by Gasteiger charge is 2.28. The summed E-state index contributed by atoms with van der Waals surface area (Å²) in [6.45, 7) is 0. The zero-order valence-electron chi connectivity index (χ0n) is 54.0. The topological polar surface area (TPSA) is 36.1 Å². The normalized spacial score (nSPS) is 12.2. The molecule has 0 amide bonds. The Morgan fingerprint density at radius 2 is 0.540 bits per heavy atom. The largest absolute Gasteiger partial charge is 0.454 e. The summed E-state index contributed by atoms with van der Waals surface area (Å²) in [6.07, 6.45) is 0. The van der Waals surface area contributed by atoms with Crippen molar-refractivity contribution in [2.75, 3.05) is 0 Å². The van der Waals surface area contributed by atoms with Crippen LogP contribution >= 0.6 is 0 Å². The molecule has 0 radical (unpaired) electrons. The number of nitrogens with zero attached hydrogens (tertiary/aromatic N) is 2. The van der Waals surface area contributed by atoms with Gasteiger partial charge in [0.15, 0.2) is 11.2 Å². The van der Waals surface area contributed by atoms with Crippen LogP contribution in [0.15, 0.2) is 349 Å². The minimum Gasteiger partial charge on any atom is -0.454 e. The van der Waals surface area contributed by atoms with Crippen LogP contribution in [0.5, 0.6) is 0 Å². The van der Waals surface area contributed by atoms with Crippen molar-refractivity contribution >= 4 is 184 Å². The first kappa shape index (κ1) is 54.9. The van der Waals surface area contributed by atoms with Gasteiger partial charge >= 0.3 is 0 Å². The van der Waals surface area contributed by atoms with Crippen LogP contribution < -0.4 is 0 Å². The fraction of sp³-hybridized carbons (Fsp3) is 0. The number of fused-ring (bicyclic) bond motifs is 34. The summed E-state index contributed by atoms with van der Waals surface area (Å²) in [5.74, 6) is 0. The minimum atomic E-state index is 0.900. The zero-order chi connectivity index (χ0) is 65.3. The zero-order valence-corrected chi connectivity index (χ0v) is 54.0. The van der Waals surface area contributed by atoms with Gasteiger partial charge in [0.1, 0.15) is 11.2 Å². The van der Waals surface area contributed by atoms with E-state index in [1.807, 2.05) is 0 Å². The molecular weight excluding hydrogens is 1210 g/mol. The molecule has 4 heteroatoms. The first-order chi connectivity index (χ1) is 49.6. The average Bonchev–Trinajstić information content (AvgIpc) is 1.51. The van der Waals surface area contributed by atoms with Gasteiger partial charge in [0.05, 0.1) is 22.1 Å². The van der Waals surface area contributed by atoms with Gasteiger partial charge < -0.3 is 18.0 Å². The lowest BCUT2D eigenvalue weighted by Crippen LogP contribution is -1.95. The molecule has 0 spiro atoms. The molecule has 4 aromatic heterocycles. The average molecular weight is 1270 g/mol. The van der Waals surface area contributed by atoms with Gasteiger partial charge in [0, 0.05) is 76.0 Å². The van der Waals surface area contributed by atoms with E-state index < -0.39 is 0 Å². The van der Waals surface area contributed by atoms with Gasteiger partial charge in [-0.05, 0) is 158 Å². The maximum absolute atomic E-state index is 7.01. The molecule has 19 aromatic carbocycles. The molecule has 23 aromatic rings. The van der Waals surface area contributed by atoms with Crippen molar-refractivity contribution in [1.82, 2.24) is 9.13 Å². The fourth-order valence-electron chi connectivity index (χ4n) is 17.4. The van der Waals surface area contributed by atoms with Crippen molar-refractivity contribution in [2.45, 2.75) is 0 Å². The summed E-state index contributed by atoms with van der Waals surface area (Å²) in [6, 6.07) is 123. The monoisotopic (exact) mass is 1270 g/mol. The molecule has 0 N–H and O–H groups in total. The van der Waals surface area contributed by atoms with E-state index in [4.69, 9.17) is 8.83 Å². The quantitative estimate of drug-likeness (QED) is 0.165. The molecule has 0 aliphatic carbocycles. The van der Waals surface area contributed by atoms with E-state index >= 15 is 0 Å². The lowest BCUT2D eigenvalue weighted by Gasteiger charge is -2.15. The second-order valence-corrected chi connectivity index (χ2v) is 26.8. The number of rotatable bonds is 4. The third kappa shape index (κ3) is 7.81. The van der Waals surface area contributed by atoms with Crippen LogP contribution in [-0.4, -0.2) is 9.13 Å². The molecule has 0 unspecified atom stereocenters. The molecule has 0 aliphatic rings.